The number of anilines is 1. The number of hydrogen-bond acceptors (Lipinski definition) is 4. The molecule has 1 aliphatic rings. The van der Waals surface area contributed by atoms with Crippen LogP contribution < -0.4 is 5.32 Å². The second kappa shape index (κ2) is 6.36. The van der Waals surface area contributed by atoms with Crippen LogP contribution in [0.15, 0.2) is 0 Å². The molecule has 1 aromatic heterocycles. The summed E-state index contributed by atoms with van der Waals surface area (Å²) in [7, 11) is 0. The van der Waals surface area contributed by atoms with Gasteiger partial charge in [-0.25, -0.2) is 0 Å². The van der Waals surface area contributed by atoms with Crippen molar-refractivity contribution in [2.45, 2.75) is 38.5 Å². The maximum absolute atomic E-state index is 5.85. The lowest BCUT2D eigenvalue weighted by Crippen LogP contribution is -2.07. The Morgan fingerprint density at radius 3 is 2.71 bits per heavy atom. The summed E-state index contributed by atoms with van der Waals surface area (Å²) in [6.45, 7) is 0.852. The Bertz CT molecular complexity index is 366. The van der Waals surface area contributed by atoms with Crippen molar-refractivity contribution < 1.29 is 0 Å². The minimum atomic E-state index is 0.118. The van der Waals surface area contributed by atoms with Crippen molar-refractivity contribution in [3.8, 4) is 0 Å². The molecule has 6 heteroatoms. The second-order valence-electron chi connectivity index (χ2n) is 4.44. The fraction of sp³-hybridized carbons (Fsp3) is 0.727. The smallest absolute Gasteiger partial charge is 0.245 e. The van der Waals surface area contributed by atoms with Gasteiger partial charge in [0.2, 0.25) is 5.28 Å². The van der Waals surface area contributed by atoms with Crippen LogP contribution in [0.2, 0.25) is 10.4 Å². The maximum atomic E-state index is 5.85. The van der Waals surface area contributed by atoms with Crippen LogP contribution in [0.5, 0.6) is 0 Å². The summed E-state index contributed by atoms with van der Waals surface area (Å²) < 4.78 is 0. The van der Waals surface area contributed by atoms with Crippen LogP contribution in [0.1, 0.15) is 38.5 Å². The maximum Gasteiger partial charge on any atom is 0.245 e. The predicted molar refractivity (Wildman–Crippen MR) is 69.5 cm³/mol. The van der Waals surface area contributed by atoms with Gasteiger partial charge in [0.1, 0.15) is 0 Å². The van der Waals surface area contributed by atoms with Gasteiger partial charge < -0.3 is 5.32 Å². The van der Waals surface area contributed by atoms with Gasteiger partial charge in [-0.15, -0.1) is 10.2 Å². The van der Waals surface area contributed by atoms with Crippen LogP contribution >= 0.6 is 23.2 Å². The van der Waals surface area contributed by atoms with Crippen molar-refractivity contribution in [3.05, 3.63) is 10.4 Å². The van der Waals surface area contributed by atoms with Gasteiger partial charge in [-0.2, -0.15) is 4.98 Å². The molecule has 0 bridgehead atoms. The number of nitrogens with zero attached hydrogens (tertiary/aromatic N) is 3. The Balaban J connectivity index is 1.72. The third-order valence-electron chi connectivity index (χ3n) is 3.18. The van der Waals surface area contributed by atoms with Gasteiger partial charge >= 0.3 is 0 Å². The Kier molecular flexibility index (Phi) is 4.80. The van der Waals surface area contributed by atoms with Crippen molar-refractivity contribution in [2.75, 3.05) is 11.9 Å². The van der Waals surface area contributed by atoms with Gasteiger partial charge in [0.25, 0.3) is 0 Å². The number of hydrogen-bond donors (Lipinski definition) is 1. The Hall–Kier alpha value is -0.610. The van der Waals surface area contributed by atoms with Crippen molar-refractivity contribution in [1.29, 1.82) is 0 Å². The molecule has 1 aromatic rings. The Labute approximate surface area is 111 Å². The van der Waals surface area contributed by atoms with Gasteiger partial charge in [-0.3, -0.25) is 0 Å². The molecule has 1 heterocycles. The minimum absolute atomic E-state index is 0.118. The molecule has 1 fully saturated rings. The first-order valence-corrected chi connectivity index (χ1v) is 6.81. The van der Waals surface area contributed by atoms with Gasteiger partial charge in [0.15, 0.2) is 11.0 Å². The third kappa shape index (κ3) is 3.96. The standard InChI is InChI=1S/C11H16Cl2N4/c12-9-10(15-11(13)17-16-9)14-7-3-6-8-4-1-2-5-8/h8H,1-7H2,(H,14,15,17). The lowest BCUT2D eigenvalue weighted by molar-refractivity contribution is 0.491. The number of rotatable bonds is 5. The van der Waals surface area contributed by atoms with Gasteiger partial charge in [0, 0.05) is 6.54 Å². The van der Waals surface area contributed by atoms with E-state index in [4.69, 9.17) is 23.2 Å². The number of aromatic nitrogens is 3. The molecule has 0 aromatic carbocycles. The SMILES string of the molecule is Clc1nnc(Cl)c(NCCCC2CCCC2)n1. The lowest BCUT2D eigenvalue weighted by atomic mass is 10.0. The number of nitrogens with one attached hydrogen (secondary N) is 1. The van der Waals surface area contributed by atoms with Crippen LogP contribution in [0.25, 0.3) is 0 Å². The van der Waals surface area contributed by atoms with Crippen LogP contribution in [-0.2, 0) is 0 Å². The van der Waals surface area contributed by atoms with E-state index in [2.05, 4.69) is 20.5 Å². The summed E-state index contributed by atoms with van der Waals surface area (Å²) in [6, 6.07) is 0. The lowest BCUT2D eigenvalue weighted by Gasteiger charge is -2.09. The molecule has 1 aliphatic carbocycles. The average Bonchev–Trinajstić information content (AvgIpc) is 2.82. The number of halogens is 2. The zero-order valence-corrected chi connectivity index (χ0v) is 11.1. The van der Waals surface area contributed by atoms with Gasteiger partial charge in [-0.05, 0) is 30.4 Å². The molecule has 1 saturated carbocycles. The monoisotopic (exact) mass is 274 g/mol. The average molecular weight is 275 g/mol. The molecule has 1 N–H and O–H groups in total. The highest BCUT2D eigenvalue weighted by Crippen LogP contribution is 2.28. The molecule has 4 nitrogen and oxygen atoms in total. The molecule has 0 unspecified atom stereocenters. The van der Waals surface area contributed by atoms with Crippen molar-refractivity contribution in [1.82, 2.24) is 15.2 Å². The molecule has 0 atom stereocenters. The molecule has 2 rings (SSSR count). The van der Waals surface area contributed by atoms with Crippen LogP contribution in [0.4, 0.5) is 5.82 Å². The second-order valence-corrected chi connectivity index (χ2v) is 5.14. The highest BCUT2D eigenvalue weighted by Gasteiger charge is 2.14. The van der Waals surface area contributed by atoms with Crippen molar-refractivity contribution in [3.63, 3.8) is 0 Å². The van der Waals surface area contributed by atoms with E-state index < -0.39 is 0 Å². The van der Waals surface area contributed by atoms with E-state index in [0.29, 0.717) is 5.82 Å². The van der Waals surface area contributed by atoms with E-state index in [1.54, 1.807) is 0 Å². The molecule has 94 valence electrons. The topological polar surface area (TPSA) is 50.7 Å². The van der Waals surface area contributed by atoms with E-state index in [1.807, 2.05) is 0 Å². The predicted octanol–water partition coefficient (Wildman–Crippen LogP) is 3.56. The Morgan fingerprint density at radius 2 is 1.94 bits per heavy atom. The summed E-state index contributed by atoms with van der Waals surface area (Å²) in [6.07, 6.45) is 7.98. The van der Waals surface area contributed by atoms with E-state index in [9.17, 15) is 0 Å². The fourth-order valence-corrected chi connectivity index (χ4v) is 2.57. The largest absolute Gasteiger partial charge is 0.367 e. The third-order valence-corrected chi connectivity index (χ3v) is 3.59. The molecule has 0 radical (unpaired) electrons. The summed E-state index contributed by atoms with van der Waals surface area (Å²) in [5.41, 5.74) is 0. The summed E-state index contributed by atoms with van der Waals surface area (Å²) in [4.78, 5) is 3.99. The highest BCUT2D eigenvalue weighted by atomic mass is 35.5. The quantitative estimate of drug-likeness (QED) is 0.835. The molecular weight excluding hydrogens is 259 g/mol. The normalized spacial score (nSPS) is 16.4. The molecule has 0 aliphatic heterocycles. The van der Waals surface area contributed by atoms with E-state index in [-0.39, 0.29) is 10.4 Å². The molecular formula is C11H16Cl2N4. The summed E-state index contributed by atoms with van der Waals surface area (Å²) in [5, 5.41) is 10.8. The first kappa shape index (κ1) is 12.8. The minimum Gasteiger partial charge on any atom is -0.367 e. The summed E-state index contributed by atoms with van der Waals surface area (Å²) >= 11 is 11.5. The molecule has 0 spiro atoms. The van der Waals surface area contributed by atoms with Crippen molar-refractivity contribution >= 4 is 29.0 Å². The Morgan fingerprint density at radius 1 is 1.18 bits per heavy atom. The molecule has 17 heavy (non-hydrogen) atoms. The first-order chi connectivity index (χ1) is 8.25. The van der Waals surface area contributed by atoms with Gasteiger partial charge in [0.05, 0.1) is 0 Å². The van der Waals surface area contributed by atoms with Crippen molar-refractivity contribution in [2.24, 2.45) is 5.92 Å². The van der Waals surface area contributed by atoms with Gasteiger partial charge in [-0.1, -0.05) is 37.3 Å². The molecule has 0 saturated heterocycles. The van der Waals surface area contributed by atoms with E-state index in [1.165, 1.54) is 32.1 Å². The zero-order chi connectivity index (χ0) is 12.1. The fourth-order valence-electron chi connectivity index (χ4n) is 2.30. The van der Waals surface area contributed by atoms with Crippen LogP contribution in [-0.4, -0.2) is 21.7 Å². The van der Waals surface area contributed by atoms with Crippen LogP contribution in [0, 0.1) is 5.92 Å². The van der Waals surface area contributed by atoms with E-state index >= 15 is 0 Å². The molecule has 0 amide bonds. The summed E-state index contributed by atoms with van der Waals surface area (Å²) in [5.74, 6) is 1.44. The first-order valence-electron chi connectivity index (χ1n) is 6.05. The van der Waals surface area contributed by atoms with Crippen LogP contribution in [0.3, 0.4) is 0 Å². The highest BCUT2D eigenvalue weighted by molar-refractivity contribution is 6.32. The zero-order valence-electron chi connectivity index (χ0n) is 9.62. The van der Waals surface area contributed by atoms with E-state index in [0.717, 1.165) is 18.9 Å².